The van der Waals surface area contributed by atoms with Crippen LogP contribution in [-0.2, 0) is 19.1 Å². The number of nitriles is 1. The predicted octanol–water partition coefficient (Wildman–Crippen LogP) is 0.00988. The van der Waals surface area contributed by atoms with Crippen molar-refractivity contribution >= 4 is 34.1 Å². The van der Waals surface area contributed by atoms with Gasteiger partial charge in [-0.15, -0.1) is 11.3 Å². The molecule has 1 aromatic rings. The second kappa shape index (κ2) is 6.53. The lowest BCUT2D eigenvalue weighted by Gasteiger charge is -2.15. The third-order valence-corrected chi connectivity index (χ3v) is 3.25. The number of thiophene rings is 1. The lowest BCUT2D eigenvalue weighted by atomic mass is 10.3. The van der Waals surface area contributed by atoms with Gasteiger partial charge in [0, 0.05) is 6.42 Å². The van der Waals surface area contributed by atoms with E-state index in [1.165, 1.54) is 17.4 Å². The monoisotopic (exact) mass is 306 g/mol. The number of nitrogens with zero attached hydrogens (tertiary/aromatic N) is 1. The molecule has 0 fully saturated rings. The van der Waals surface area contributed by atoms with Gasteiger partial charge >= 0.3 is 5.97 Å². The molecular formula is C12H10N4O4S. The van der Waals surface area contributed by atoms with Crippen molar-refractivity contribution in [2.45, 2.75) is 6.42 Å². The van der Waals surface area contributed by atoms with Crippen LogP contribution in [0, 0.1) is 11.3 Å². The summed E-state index contributed by atoms with van der Waals surface area (Å²) in [5.74, 6) is -1.58. The molecule has 0 saturated carbocycles. The van der Waals surface area contributed by atoms with Crippen molar-refractivity contribution < 1.29 is 19.1 Å². The molecule has 9 heteroatoms. The number of anilines is 1. The minimum absolute atomic E-state index is 0.0599. The van der Waals surface area contributed by atoms with E-state index in [-0.39, 0.29) is 18.0 Å². The van der Waals surface area contributed by atoms with E-state index in [1.807, 2.05) is 6.07 Å². The first-order chi connectivity index (χ1) is 10.1. The van der Waals surface area contributed by atoms with Gasteiger partial charge in [0.2, 0.25) is 5.91 Å². The SMILES string of the molecule is N#Cc1ccsc1NC(=O)COC(=O)C1=CCC(=O)NN1. The first kappa shape index (κ1) is 14.5. The van der Waals surface area contributed by atoms with Crippen LogP contribution in [-0.4, -0.2) is 24.4 Å². The van der Waals surface area contributed by atoms with Crippen molar-refractivity contribution in [2.75, 3.05) is 11.9 Å². The molecule has 2 heterocycles. The van der Waals surface area contributed by atoms with Gasteiger partial charge in [-0.05, 0) is 17.5 Å². The molecule has 1 aliphatic heterocycles. The first-order valence-corrected chi connectivity index (χ1v) is 6.67. The van der Waals surface area contributed by atoms with E-state index in [0.717, 1.165) is 0 Å². The van der Waals surface area contributed by atoms with E-state index in [4.69, 9.17) is 10.00 Å². The van der Waals surface area contributed by atoms with Crippen molar-refractivity contribution in [2.24, 2.45) is 0 Å². The highest BCUT2D eigenvalue weighted by Gasteiger charge is 2.18. The molecule has 3 N–H and O–H groups in total. The number of esters is 1. The number of carbonyl (C=O) groups excluding carboxylic acids is 3. The second-order valence-corrected chi connectivity index (χ2v) is 4.81. The van der Waals surface area contributed by atoms with E-state index < -0.39 is 18.5 Å². The van der Waals surface area contributed by atoms with Crippen molar-refractivity contribution in [3.05, 3.63) is 28.8 Å². The first-order valence-electron chi connectivity index (χ1n) is 5.79. The van der Waals surface area contributed by atoms with Crippen molar-refractivity contribution in [3.63, 3.8) is 0 Å². The Morgan fingerprint density at radius 3 is 2.95 bits per heavy atom. The van der Waals surface area contributed by atoms with Crippen LogP contribution in [0.4, 0.5) is 5.00 Å². The molecule has 108 valence electrons. The fourth-order valence-electron chi connectivity index (χ4n) is 1.43. The van der Waals surface area contributed by atoms with Crippen LogP contribution < -0.4 is 16.2 Å². The Kier molecular flexibility index (Phi) is 4.53. The maximum Gasteiger partial charge on any atom is 0.356 e. The van der Waals surface area contributed by atoms with Crippen LogP contribution in [0.25, 0.3) is 0 Å². The summed E-state index contributed by atoms with van der Waals surface area (Å²) in [6.07, 6.45) is 1.43. The van der Waals surface area contributed by atoms with Crippen molar-refractivity contribution in [1.82, 2.24) is 10.9 Å². The lowest BCUT2D eigenvalue weighted by molar-refractivity contribution is -0.144. The predicted molar refractivity (Wildman–Crippen MR) is 72.6 cm³/mol. The lowest BCUT2D eigenvalue weighted by Crippen LogP contribution is -2.42. The second-order valence-electron chi connectivity index (χ2n) is 3.89. The van der Waals surface area contributed by atoms with Gasteiger partial charge in [0.05, 0.1) is 5.56 Å². The summed E-state index contributed by atoms with van der Waals surface area (Å²) in [5, 5.41) is 13.3. The van der Waals surface area contributed by atoms with E-state index in [1.54, 1.807) is 11.4 Å². The summed E-state index contributed by atoms with van der Waals surface area (Å²) < 4.78 is 4.79. The molecule has 8 nitrogen and oxygen atoms in total. The number of rotatable bonds is 4. The van der Waals surface area contributed by atoms with Gasteiger partial charge in [-0.1, -0.05) is 0 Å². The fraction of sp³-hybridized carbons (Fsp3) is 0.167. The minimum Gasteiger partial charge on any atom is -0.451 e. The number of hydrogen-bond donors (Lipinski definition) is 3. The molecule has 2 amide bonds. The molecule has 0 aliphatic carbocycles. The molecule has 1 aliphatic rings. The molecule has 0 saturated heterocycles. The number of carbonyl (C=O) groups is 3. The van der Waals surface area contributed by atoms with Gasteiger partial charge in [0.15, 0.2) is 6.61 Å². The molecule has 21 heavy (non-hydrogen) atoms. The molecule has 0 unspecified atom stereocenters. The average Bonchev–Trinajstić information content (AvgIpc) is 2.92. The number of nitrogens with one attached hydrogen (secondary N) is 3. The van der Waals surface area contributed by atoms with Gasteiger partial charge < -0.3 is 10.1 Å². The van der Waals surface area contributed by atoms with Gasteiger partial charge in [0.25, 0.3) is 5.91 Å². The van der Waals surface area contributed by atoms with Crippen LogP contribution in [0.5, 0.6) is 0 Å². The van der Waals surface area contributed by atoms with Gasteiger partial charge in [0.1, 0.15) is 16.8 Å². The maximum absolute atomic E-state index is 11.6. The van der Waals surface area contributed by atoms with Crippen molar-refractivity contribution in [3.8, 4) is 6.07 Å². The number of hydrazine groups is 1. The third-order valence-electron chi connectivity index (χ3n) is 2.42. The molecule has 0 atom stereocenters. The summed E-state index contributed by atoms with van der Waals surface area (Å²) in [5.41, 5.74) is 5.04. The molecule has 0 aromatic carbocycles. The third kappa shape index (κ3) is 3.80. The quantitative estimate of drug-likeness (QED) is 0.674. The standard InChI is InChI=1S/C12H10N4O4S/c13-5-7-3-4-21-11(7)14-10(18)6-20-12(19)8-1-2-9(17)16-15-8/h1,3-4,15H,2,6H2,(H,14,18)(H,16,17). The van der Waals surface area contributed by atoms with Crippen LogP contribution in [0.1, 0.15) is 12.0 Å². The zero-order valence-corrected chi connectivity index (χ0v) is 11.5. The van der Waals surface area contributed by atoms with Gasteiger partial charge in [-0.25, -0.2) is 4.79 Å². The molecule has 2 rings (SSSR count). The smallest absolute Gasteiger partial charge is 0.356 e. The van der Waals surface area contributed by atoms with Gasteiger partial charge in [-0.2, -0.15) is 5.26 Å². The maximum atomic E-state index is 11.6. The highest BCUT2D eigenvalue weighted by Crippen LogP contribution is 2.21. The van der Waals surface area contributed by atoms with Crippen LogP contribution in [0.15, 0.2) is 23.2 Å². The zero-order chi connectivity index (χ0) is 15.2. The Bertz CT molecular complexity index is 658. The van der Waals surface area contributed by atoms with Crippen LogP contribution >= 0.6 is 11.3 Å². The molecular weight excluding hydrogens is 296 g/mol. The molecule has 1 aromatic heterocycles. The summed E-state index contributed by atoms with van der Waals surface area (Å²) >= 11 is 1.20. The van der Waals surface area contributed by atoms with Crippen LogP contribution in [0.3, 0.4) is 0 Å². The Hall–Kier alpha value is -2.86. The normalized spacial score (nSPS) is 13.3. The summed E-state index contributed by atoms with van der Waals surface area (Å²) in [6, 6.07) is 3.51. The Balaban J connectivity index is 1.83. The summed E-state index contributed by atoms with van der Waals surface area (Å²) in [6.45, 7) is -0.491. The van der Waals surface area contributed by atoms with Crippen molar-refractivity contribution in [1.29, 1.82) is 5.26 Å². The van der Waals surface area contributed by atoms with E-state index in [2.05, 4.69) is 16.2 Å². The Morgan fingerprint density at radius 1 is 1.48 bits per heavy atom. The minimum atomic E-state index is -0.753. The van der Waals surface area contributed by atoms with E-state index >= 15 is 0 Å². The number of ether oxygens (including phenoxy) is 1. The highest BCUT2D eigenvalue weighted by molar-refractivity contribution is 7.14. The summed E-state index contributed by atoms with van der Waals surface area (Å²) in [7, 11) is 0. The number of hydrogen-bond acceptors (Lipinski definition) is 7. The molecule has 0 bridgehead atoms. The average molecular weight is 306 g/mol. The summed E-state index contributed by atoms with van der Waals surface area (Å²) in [4.78, 5) is 34.1. The number of amides is 2. The highest BCUT2D eigenvalue weighted by atomic mass is 32.1. The molecule has 0 radical (unpaired) electrons. The van der Waals surface area contributed by atoms with E-state index in [9.17, 15) is 14.4 Å². The van der Waals surface area contributed by atoms with Gasteiger partial charge in [-0.3, -0.25) is 20.4 Å². The Morgan fingerprint density at radius 2 is 2.29 bits per heavy atom. The topological polar surface area (TPSA) is 120 Å². The zero-order valence-electron chi connectivity index (χ0n) is 10.6. The largest absolute Gasteiger partial charge is 0.451 e. The fourth-order valence-corrected chi connectivity index (χ4v) is 2.19. The Labute approximate surface area is 123 Å². The van der Waals surface area contributed by atoms with E-state index in [0.29, 0.717) is 10.6 Å². The molecule has 0 spiro atoms. The van der Waals surface area contributed by atoms with Crippen LogP contribution in [0.2, 0.25) is 0 Å².